The second kappa shape index (κ2) is 6.72. The van der Waals surface area contributed by atoms with Gasteiger partial charge in [-0.3, -0.25) is 0 Å². The Balaban J connectivity index is 2.21. The average molecular weight is 287 g/mol. The van der Waals surface area contributed by atoms with Gasteiger partial charge in [0.15, 0.2) is 0 Å². The fraction of sp³-hybridized carbons (Fsp3) is 0.333. The molecule has 0 aliphatic heterocycles. The number of hydrogen-bond acceptors (Lipinski definition) is 2. The van der Waals surface area contributed by atoms with E-state index in [1.165, 1.54) is 11.6 Å². The Bertz CT molecular complexity index is 583. The molecular weight excluding hydrogens is 265 g/mol. The first-order valence-electron chi connectivity index (χ1n) is 7.28. The zero-order valence-corrected chi connectivity index (χ0v) is 12.7. The Morgan fingerprint density at radius 2 is 1.67 bits per heavy atom. The van der Waals surface area contributed by atoms with E-state index in [2.05, 4.69) is 31.3 Å². The van der Waals surface area contributed by atoms with Crippen LogP contribution in [0.1, 0.15) is 44.0 Å². The van der Waals surface area contributed by atoms with Gasteiger partial charge in [-0.05, 0) is 24.5 Å². The molecule has 0 aromatic heterocycles. The minimum Gasteiger partial charge on any atom is -0.508 e. The van der Waals surface area contributed by atoms with E-state index in [4.69, 9.17) is 0 Å². The van der Waals surface area contributed by atoms with E-state index in [1.54, 1.807) is 6.07 Å². The topological polar surface area (TPSA) is 32.3 Å². The molecule has 0 bridgehead atoms. The predicted molar refractivity (Wildman–Crippen MR) is 83.6 cm³/mol. The number of benzene rings is 2. The van der Waals surface area contributed by atoms with E-state index in [9.17, 15) is 9.50 Å². The summed E-state index contributed by atoms with van der Waals surface area (Å²) in [6.07, 6.45) is 0. The molecule has 0 aliphatic carbocycles. The van der Waals surface area contributed by atoms with Crippen LogP contribution in [-0.2, 0) is 0 Å². The Hall–Kier alpha value is -1.87. The van der Waals surface area contributed by atoms with Gasteiger partial charge in [-0.25, -0.2) is 4.39 Å². The van der Waals surface area contributed by atoms with Crippen LogP contribution in [0.25, 0.3) is 0 Å². The zero-order chi connectivity index (χ0) is 15.4. The van der Waals surface area contributed by atoms with Crippen molar-refractivity contribution in [3.8, 4) is 5.75 Å². The highest BCUT2D eigenvalue weighted by Gasteiger charge is 2.20. The van der Waals surface area contributed by atoms with E-state index >= 15 is 0 Å². The molecule has 0 saturated carbocycles. The standard InChI is InChI=1S/C18H22FNO/c1-12(2)18(14-7-5-4-6-8-14)20-13(3)16-10-9-15(19)11-17(16)21/h4-13,18,20-21H,1-3H3. The molecule has 0 fully saturated rings. The summed E-state index contributed by atoms with van der Waals surface area (Å²) in [5.74, 6) is -0.0325. The van der Waals surface area contributed by atoms with Crippen LogP contribution in [0.15, 0.2) is 48.5 Å². The molecular formula is C18H22FNO. The highest BCUT2D eigenvalue weighted by Crippen LogP contribution is 2.29. The maximum atomic E-state index is 13.1. The zero-order valence-electron chi connectivity index (χ0n) is 12.7. The molecule has 0 aliphatic rings. The van der Waals surface area contributed by atoms with Crippen molar-refractivity contribution in [1.82, 2.24) is 5.32 Å². The first-order chi connectivity index (χ1) is 9.99. The molecule has 2 atom stereocenters. The molecule has 112 valence electrons. The van der Waals surface area contributed by atoms with Gasteiger partial charge in [0.25, 0.3) is 0 Å². The molecule has 21 heavy (non-hydrogen) atoms. The molecule has 2 aromatic carbocycles. The minimum absolute atomic E-state index is 0.00873. The van der Waals surface area contributed by atoms with Gasteiger partial charge in [0.1, 0.15) is 11.6 Å². The van der Waals surface area contributed by atoms with Crippen LogP contribution in [0.4, 0.5) is 4.39 Å². The van der Waals surface area contributed by atoms with Crippen LogP contribution in [0.3, 0.4) is 0 Å². The molecule has 0 heterocycles. The first-order valence-corrected chi connectivity index (χ1v) is 7.28. The van der Waals surface area contributed by atoms with E-state index < -0.39 is 5.82 Å². The van der Waals surface area contributed by atoms with E-state index in [0.29, 0.717) is 11.5 Å². The summed E-state index contributed by atoms with van der Waals surface area (Å²) >= 11 is 0. The number of rotatable bonds is 5. The van der Waals surface area contributed by atoms with Crippen LogP contribution in [0.5, 0.6) is 5.75 Å². The van der Waals surface area contributed by atoms with Crippen molar-refractivity contribution in [3.05, 3.63) is 65.5 Å². The second-order valence-electron chi connectivity index (χ2n) is 5.72. The highest BCUT2D eigenvalue weighted by atomic mass is 19.1. The third-order valence-electron chi connectivity index (χ3n) is 3.71. The Labute approximate surface area is 125 Å². The normalized spacial score (nSPS) is 14.1. The smallest absolute Gasteiger partial charge is 0.126 e. The van der Waals surface area contributed by atoms with Gasteiger partial charge in [0, 0.05) is 23.7 Å². The average Bonchev–Trinajstić information content (AvgIpc) is 2.45. The number of phenolic OH excluding ortho intramolecular Hbond substituents is 1. The lowest BCUT2D eigenvalue weighted by Crippen LogP contribution is -2.28. The molecule has 2 N–H and O–H groups in total. The Morgan fingerprint density at radius 3 is 2.24 bits per heavy atom. The van der Waals surface area contributed by atoms with Crippen molar-refractivity contribution < 1.29 is 9.50 Å². The maximum absolute atomic E-state index is 13.1. The van der Waals surface area contributed by atoms with E-state index in [1.807, 2.05) is 25.1 Å². The number of hydrogen-bond donors (Lipinski definition) is 2. The summed E-state index contributed by atoms with van der Waals surface area (Å²) < 4.78 is 13.1. The molecule has 3 heteroatoms. The molecule has 0 saturated heterocycles. The Kier molecular flexibility index (Phi) is 4.97. The van der Waals surface area contributed by atoms with Crippen LogP contribution in [0.2, 0.25) is 0 Å². The molecule has 2 nitrogen and oxygen atoms in total. The fourth-order valence-electron chi connectivity index (χ4n) is 2.58. The van der Waals surface area contributed by atoms with Crippen molar-refractivity contribution in [3.63, 3.8) is 0 Å². The van der Waals surface area contributed by atoms with Gasteiger partial charge in [-0.1, -0.05) is 50.2 Å². The molecule has 0 amide bonds. The van der Waals surface area contributed by atoms with Crippen molar-refractivity contribution in [2.75, 3.05) is 0 Å². The summed E-state index contributed by atoms with van der Waals surface area (Å²) in [7, 11) is 0. The van der Waals surface area contributed by atoms with Crippen molar-refractivity contribution in [2.24, 2.45) is 5.92 Å². The highest BCUT2D eigenvalue weighted by molar-refractivity contribution is 5.35. The lowest BCUT2D eigenvalue weighted by atomic mass is 9.94. The van der Waals surface area contributed by atoms with Gasteiger partial charge >= 0.3 is 0 Å². The van der Waals surface area contributed by atoms with Gasteiger partial charge in [-0.2, -0.15) is 0 Å². The fourth-order valence-corrected chi connectivity index (χ4v) is 2.58. The minimum atomic E-state index is -0.424. The predicted octanol–water partition coefficient (Wildman–Crippen LogP) is 4.58. The maximum Gasteiger partial charge on any atom is 0.126 e. The van der Waals surface area contributed by atoms with Crippen molar-refractivity contribution in [1.29, 1.82) is 0 Å². The van der Waals surface area contributed by atoms with Gasteiger partial charge in [0.05, 0.1) is 0 Å². The summed E-state index contributed by atoms with van der Waals surface area (Å²) in [5.41, 5.74) is 1.92. The van der Waals surface area contributed by atoms with E-state index in [0.717, 1.165) is 6.07 Å². The molecule has 2 unspecified atom stereocenters. The number of aromatic hydroxyl groups is 1. The summed E-state index contributed by atoms with van der Waals surface area (Å²) in [6.45, 7) is 6.29. The van der Waals surface area contributed by atoms with Gasteiger partial charge < -0.3 is 10.4 Å². The quantitative estimate of drug-likeness (QED) is 0.843. The van der Waals surface area contributed by atoms with Crippen LogP contribution in [-0.4, -0.2) is 5.11 Å². The largest absolute Gasteiger partial charge is 0.508 e. The lowest BCUT2D eigenvalue weighted by molar-refractivity contribution is 0.365. The third kappa shape index (κ3) is 3.82. The number of halogens is 1. The van der Waals surface area contributed by atoms with Gasteiger partial charge in [0.2, 0.25) is 0 Å². The second-order valence-corrected chi connectivity index (χ2v) is 5.72. The summed E-state index contributed by atoms with van der Waals surface area (Å²) in [6, 6.07) is 14.5. The first kappa shape index (κ1) is 15.5. The molecule has 0 spiro atoms. The SMILES string of the molecule is CC(NC(c1ccccc1)C(C)C)c1ccc(F)cc1O. The van der Waals surface area contributed by atoms with E-state index in [-0.39, 0.29) is 17.8 Å². The van der Waals surface area contributed by atoms with Crippen molar-refractivity contribution >= 4 is 0 Å². The van der Waals surface area contributed by atoms with Crippen molar-refractivity contribution in [2.45, 2.75) is 32.9 Å². The van der Waals surface area contributed by atoms with Crippen LogP contribution in [0, 0.1) is 11.7 Å². The monoisotopic (exact) mass is 287 g/mol. The lowest BCUT2D eigenvalue weighted by Gasteiger charge is -2.27. The summed E-state index contributed by atoms with van der Waals surface area (Å²) in [5, 5.41) is 13.4. The molecule has 2 rings (SSSR count). The molecule has 0 radical (unpaired) electrons. The number of phenols is 1. The van der Waals surface area contributed by atoms with Crippen LogP contribution >= 0.6 is 0 Å². The van der Waals surface area contributed by atoms with Gasteiger partial charge in [-0.15, -0.1) is 0 Å². The summed E-state index contributed by atoms with van der Waals surface area (Å²) in [4.78, 5) is 0. The molecule has 2 aromatic rings. The van der Waals surface area contributed by atoms with Crippen LogP contribution < -0.4 is 5.32 Å². The third-order valence-corrected chi connectivity index (χ3v) is 3.71. The number of nitrogens with one attached hydrogen (secondary N) is 1. The Morgan fingerprint density at radius 1 is 1.00 bits per heavy atom.